The van der Waals surface area contributed by atoms with Gasteiger partial charge in [0.25, 0.3) is 0 Å². The number of nitrogens with zero attached hydrogens (tertiary/aromatic N) is 2. The zero-order valence-electron chi connectivity index (χ0n) is 14.9. The molecule has 1 heterocycles. The van der Waals surface area contributed by atoms with Gasteiger partial charge in [-0.15, -0.1) is 0 Å². The van der Waals surface area contributed by atoms with Gasteiger partial charge in [0.2, 0.25) is 0 Å². The second kappa shape index (κ2) is 7.37. The van der Waals surface area contributed by atoms with Gasteiger partial charge in [0, 0.05) is 37.9 Å². The van der Waals surface area contributed by atoms with Gasteiger partial charge in [-0.3, -0.25) is 4.90 Å². The molecule has 2 aromatic rings. The number of piperazine rings is 1. The maximum absolute atomic E-state index is 10.6. The molecule has 1 aliphatic rings. The third-order valence-electron chi connectivity index (χ3n) is 5.40. The Morgan fingerprint density at radius 3 is 2.21 bits per heavy atom. The standard InChI is InChI=1S/C21H28N2O/c1-16-8-7-11-20(17(16)2)23-14-12-22(13-15-23)18(3)21(24)19-9-5-4-6-10-19/h4-11,18,21,24H,12-15H2,1-3H3. The average Bonchev–Trinajstić information content (AvgIpc) is 2.64. The molecule has 0 aromatic heterocycles. The summed E-state index contributed by atoms with van der Waals surface area (Å²) in [6.07, 6.45) is -0.432. The predicted octanol–water partition coefficient (Wildman–Crippen LogP) is 3.55. The van der Waals surface area contributed by atoms with Crippen molar-refractivity contribution in [1.29, 1.82) is 0 Å². The molecule has 1 aliphatic heterocycles. The van der Waals surface area contributed by atoms with Crippen LogP contribution in [0.5, 0.6) is 0 Å². The van der Waals surface area contributed by atoms with Crippen molar-refractivity contribution in [3.8, 4) is 0 Å². The summed E-state index contributed by atoms with van der Waals surface area (Å²) in [6.45, 7) is 10.5. The maximum atomic E-state index is 10.6. The highest BCUT2D eigenvalue weighted by molar-refractivity contribution is 5.56. The van der Waals surface area contributed by atoms with Crippen molar-refractivity contribution >= 4 is 5.69 Å². The van der Waals surface area contributed by atoms with Crippen molar-refractivity contribution in [2.75, 3.05) is 31.1 Å². The number of anilines is 1. The third-order valence-corrected chi connectivity index (χ3v) is 5.40. The summed E-state index contributed by atoms with van der Waals surface area (Å²) in [5.41, 5.74) is 5.08. The van der Waals surface area contributed by atoms with Crippen LogP contribution in [0.1, 0.15) is 29.7 Å². The van der Waals surface area contributed by atoms with Gasteiger partial charge < -0.3 is 10.0 Å². The molecule has 1 fully saturated rings. The van der Waals surface area contributed by atoms with Crippen molar-refractivity contribution in [3.63, 3.8) is 0 Å². The van der Waals surface area contributed by atoms with Crippen LogP contribution in [0.2, 0.25) is 0 Å². The van der Waals surface area contributed by atoms with Crippen LogP contribution < -0.4 is 4.90 Å². The largest absolute Gasteiger partial charge is 0.387 e. The summed E-state index contributed by atoms with van der Waals surface area (Å²) in [5, 5.41) is 10.6. The third kappa shape index (κ3) is 3.47. The van der Waals surface area contributed by atoms with Crippen LogP contribution in [0.15, 0.2) is 48.5 Å². The summed E-state index contributed by atoms with van der Waals surface area (Å²) >= 11 is 0. The van der Waals surface area contributed by atoms with Crippen LogP contribution in [0.4, 0.5) is 5.69 Å². The Hall–Kier alpha value is -1.84. The zero-order valence-corrected chi connectivity index (χ0v) is 14.9. The summed E-state index contributed by atoms with van der Waals surface area (Å²) in [4.78, 5) is 4.87. The molecule has 2 unspecified atom stereocenters. The first-order valence-electron chi connectivity index (χ1n) is 8.86. The monoisotopic (exact) mass is 324 g/mol. The molecule has 0 aliphatic carbocycles. The number of benzene rings is 2. The molecule has 3 heteroatoms. The lowest BCUT2D eigenvalue weighted by Crippen LogP contribution is -2.51. The smallest absolute Gasteiger partial charge is 0.0942 e. The van der Waals surface area contributed by atoms with E-state index in [4.69, 9.17) is 0 Å². The predicted molar refractivity (Wildman–Crippen MR) is 101 cm³/mol. The summed E-state index contributed by atoms with van der Waals surface area (Å²) < 4.78 is 0. The van der Waals surface area contributed by atoms with Gasteiger partial charge in [0.1, 0.15) is 0 Å². The van der Waals surface area contributed by atoms with Crippen molar-refractivity contribution in [2.24, 2.45) is 0 Å². The van der Waals surface area contributed by atoms with E-state index in [2.05, 4.69) is 48.8 Å². The Labute approximate surface area is 145 Å². The van der Waals surface area contributed by atoms with Crippen molar-refractivity contribution in [2.45, 2.75) is 32.9 Å². The van der Waals surface area contributed by atoms with E-state index >= 15 is 0 Å². The lowest BCUT2D eigenvalue weighted by molar-refractivity contribution is 0.0545. The molecule has 0 amide bonds. The number of aryl methyl sites for hydroxylation is 1. The number of hydrogen-bond donors (Lipinski definition) is 1. The minimum Gasteiger partial charge on any atom is -0.387 e. The fraction of sp³-hybridized carbons (Fsp3) is 0.429. The van der Waals surface area contributed by atoms with Gasteiger partial charge in [-0.05, 0) is 43.5 Å². The summed E-state index contributed by atoms with van der Waals surface area (Å²) in [7, 11) is 0. The molecule has 24 heavy (non-hydrogen) atoms. The van der Waals surface area contributed by atoms with E-state index in [-0.39, 0.29) is 6.04 Å². The van der Waals surface area contributed by atoms with Crippen LogP contribution in [-0.2, 0) is 0 Å². The molecule has 0 bridgehead atoms. The van der Waals surface area contributed by atoms with Gasteiger partial charge in [0.15, 0.2) is 0 Å². The minimum atomic E-state index is -0.432. The van der Waals surface area contributed by atoms with E-state index in [1.807, 2.05) is 30.3 Å². The lowest BCUT2D eigenvalue weighted by Gasteiger charge is -2.41. The van der Waals surface area contributed by atoms with E-state index in [0.29, 0.717) is 0 Å². The van der Waals surface area contributed by atoms with Crippen LogP contribution in [-0.4, -0.2) is 42.2 Å². The van der Waals surface area contributed by atoms with Crippen LogP contribution in [0.3, 0.4) is 0 Å². The molecule has 0 spiro atoms. The molecular weight excluding hydrogens is 296 g/mol. The van der Waals surface area contributed by atoms with Crippen LogP contribution in [0, 0.1) is 13.8 Å². The molecule has 3 rings (SSSR count). The molecule has 1 saturated heterocycles. The first-order valence-corrected chi connectivity index (χ1v) is 8.86. The molecule has 128 valence electrons. The van der Waals surface area contributed by atoms with Crippen LogP contribution >= 0.6 is 0 Å². The van der Waals surface area contributed by atoms with E-state index in [1.165, 1.54) is 16.8 Å². The van der Waals surface area contributed by atoms with Gasteiger partial charge >= 0.3 is 0 Å². The van der Waals surface area contributed by atoms with Gasteiger partial charge in [-0.25, -0.2) is 0 Å². The second-order valence-corrected chi connectivity index (χ2v) is 6.84. The Morgan fingerprint density at radius 1 is 0.875 bits per heavy atom. The average molecular weight is 324 g/mol. The highest BCUT2D eigenvalue weighted by Crippen LogP contribution is 2.26. The molecule has 0 saturated carbocycles. The number of aliphatic hydroxyl groups is 1. The minimum absolute atomic E-state index is 0.133. The number of rotatable bonds is 4. The molecular formula is C21H28N2O. The Bertz CT molecular complexity index is 663. The normalized spacial score (nSPS) is 18.4. The topological polar surface area (TPSA) is 26.7 Å². The quantitative estimate of drug-likeness (QED) is 0.932. The zero-order chi connectivity index (χ0) is 17.1. The Kier molecular flexibility index (Phi) is 5.22. The van der Waals surface area contributed by atoms with E-state index in [1.54, 1.807) is 0 Å². The van der Waals surface area contributed by atoms with E-state index in [0.717, 1.165) is 31.7 Å². The highest BCUT2D eigenvalue weighted by atomic mass is 16.3. The first kappa shape index (κ1) is 17.0. The van der Waals surface area contributed by atoms with Gasteiger partial charge in [0.05, 0.1) is 6.10 Å². The van der Waals surface area contributed by atoms with E-state index < -0.39 is 6.10 Å². The molecule has 2 atom stereocenters. The molecule has 1 N–H and O–H groups in total. The van der Waals surface area contributed by atoms with Crippen molar-refractivity contribution in [3.05, 3.63) is 65.2 Å². The van der Waals surface area contributed by atoms with Crippen molar-refractivity contribution in [1.82, 2.24) is 4.90 Å². The number of aliphatic hydroxyl groups excluding tert-OH is 1. The fourth-order valence-electron chi connectivity index (χ4n) is 3.58. The van der Waals surface area contributed by atoms with Crippen molar-refractivity contribution < 1.29 is 5.11 Å². The van der Waals surface area contributed by atoms with Gasteiger partial charge in [-0.2, -0.15) is 0 Å². The highest BCUT2D eigenvalue weighted by Gasteiger charge is 2.27. The SMILES string of the molecule is Cc1cccc(N2CCN(C(C)C(O)c3ccccc3)CC2)c1C. The fourth-order valence-corrected chi connectivity index (χ4v) is 3.58. The second-order valence-electron chi connectivity index (χ2n) is 6.84. The van der Waals surface area contributed by atoms with E-state index in [9.17, 15) is 5.11 Å². The molecule has 0 radical (unpaired) electrons. The summed E-state index contributed by atoms with van der Waals surface area (Å²) in [6, 6.07) is 16.7. The molecule has 3 nitrogen and oxygen atoms in total. The lowest BCUT2D eigenvalue weighted by atomic mass is 10.0. The molecule has 2 aromatic carbocycles. The number of hydrogen-bond acceptors (Lipinski definition) is 3. The Morgan fingerprint density at radius 2 is 1.54 bits per heavy atom. The maximum Gasteiger partial charge on any atom is 0.0942 e. The Balaban J connectivity index is 1.63. The van der Waals surface area contributed by atoms with Crippen LogP contribution in [0.25, 0.3) is 0 Å². The van der Waals surface area contributed by atoms with Gasteiger partial charge in [-0.1, -0.05) is 42.5 Å². The summed E-state index contributed by atoms with van der Waals surface area (Å²) in [5.74, 6) is 0. The first-order chi connectivity index (χ1) is 11.6.